The normalized spacial score (nSPS) is 10.6. The van der Waals surface area contributed by atoms with Gasteiger partial charge in [-0.3, -0.25) is 0 Å². The molecule has 2 aromatic heterocycles. The summed E-state index contributed by atoms with van der Waals surface area (Å²) < 4.78 is 12.2. The van der Waals surface area contributed by atoms with Gasteiger partial charge in [0.1, 0.15) is 5.82 Å². The number of nitrogens with one attached hydrogen (secondary N) is 1. The van der Waals surface area contributed by atoms with Gasteiger partial charge in [-0.25, -0.2) is 9.78 Å². The molecule has 0 saturated carbocycles. The first kappa shape index (κ1) is 15.9. The fourth-order valence-electron chi connectivity index (χ4n) is 2.47. The van der Waals surface area contributed by atoms with Gasteiger partial charge in [-0.15, -0.1) is 0 Å². The van der Waals surface area contributed by atoms with Crippen LogP contribution in [0.4, 0.5) is 11.7 Å². The minimum Gasteiger partial charge on any atom is -0.461 e. The number of esters is 1. The van der Waals surface area contributed by atoms with E-state index in [1.807, 2.05) is 37.4 Å². The second kappa shape index (κ2) is 7.04. The molecule has 2 heterocycles. The van der Waals surface area contributed by atoms with Gasteiger partial charge in [0.25, 0.3) is 0 Å². The third kappa shape index (κ3) is 3.32. The predicted octanol–water partition coefficient (Wildman–Crippen LogP) is 3.52. The largest absolute Gasteiger partial charge is 0.461 e. The number of carbonyl (C=O) groups excluding carboxylic acids is 1. The van der Waals surface area contributed by atoms with Gasteiger partial charge >= 0.3 is 5.97 Å². The molecule has 24 heavy (non-hydrogen) atoms. The van der Waals surface area contributed by atoms with Crippen molar-refractivity contribution in [1.29, 1.82) is 0 Å². The summed E-state index contributed by atoms with van der Waals surface area (Å²) in [7, 11) is 1.81. The Hall–Kier alpha value is -3.02. The van der Waals surface area contributed by atoms with E-state index in [-0.39, 0.29) is 0 Å². The van der Waals surface area contributed by atoms with Gasteiger partial charge < -0.3 is 19.0 Å². The molecule has 0 aliphatic rings. The first-order valence-electron chi connectivity index (χ1n) is 7.76. The van der Waals surface area contributed by atoms with Crippen LogP contribution in [0.2, 0.25) is 0 Å². The third-order valence-corrected chi connectivity index (χ3v) is 3.62. The van der Waals surface area contributed by atoms with E-state index in [0.717, 1.165) is 11.4 Å². The average molecular weight is 325 g/mol. The standard InChI is InChI=1S/C18H19N3O3/c1-3-23-18(22)16-17(20-15-10-7-11-24-15)19-14(21(16)2)12-13-8-5-4-6-9-13/h4-11,20H,3,12H2,1-2H3. The molecule has 0 aliphatic carbocycles. The van der Waals surface area contributed by atoms with Crippen LogP contribution >= 0.6 is 0 Å². The first-order chi connectivity index (χ1) is 11.7. The van der Waals surface area contributed by atoms with Crippen molar-refractivity contribution in [3.05, 3.63) is 65.8 Å². The lowest BCUT2D eigenvalue weighted by Gasteiger charge is -2.07. The summed E-state index contributed by atoms with van der Waals surface area (Å²) in [6, 6.07) is 13.5. The number of nitrogens with zero attached hydrogens (tertiary/aromatic N) is 2. The SMILES string of the molecule is CCOC(=O)c1c(Nc2ccco2)nc(Cc2ccccc2)n1C. The van der Waals surface area contributed by atoms with E-state index in [9.17, 15) is 4.79 Å². The van der Waals surface area contributed by atoms with Crippen molar-refractivity contribution < 1.29 is 13.9 Å². The summed E-state index contributed by atoms with van der Waals surface area (Å²) in [5.74, 6) is 1.29. The molecule has 1 N–H and O–H groups in total. The Labute approximate surface area is 140 Å². The van der Waals surface area contributed by atoms with E-state index in [2.05, 4.69) is 10.3 Å². The zero-order valence-corrected chi connectivity index (χ0v) is 13.7. The van der Waals surface area contributed by atoms with Crippen molar-refractivity contribution in [2.24, 2.45) is 7.05 Å². The first-order valence-corrected chi connectivity index (χ1v) is 7.76. The van der Waals surface area contributed by atoms with Gasteiger partial charge in [0.15, 0.2) is 17.4 Å². The molecule has 0 bridgehead atoms. The fourth-order valence-corrected chi connectivity index (χ4v) is 2.47. The van der Waals surface area contributed by atoms with Crippen LogP contribution in [0.15, 0.2) is 53.1 Å². The Bertz CT molecular complexity index is 808. The van der Waals surface area contributed by atoms with Crippen molar-refractivity contribution in [2.45, 2.75) is 13.3 Å². The molecule has 0 amide bonds. The highest BCUT2D eigenvalue weighted by Gasteiger charge is 2.23. The van der Waals surface area contributed by atoms with Crippen LogP contribution in [0, 0.1) is 0 Å². The van der Waals surface area contributed by atoms with Crippen LogP contribution in [-0.2, 0) is 18.2 Å². The maximum Gasteiger partial charge on any atom is 0.358 e. The molecule has 6 nitrogen and oxygen atoms in total. The van der Waals surface area contributed by atoms with Crippen LogP contribution in [0.5, 0.6) is 0 Å². The zero-order valence-electron chi connectivity index (χ0n) is 13.7. The van der Waals surface area contributed by atoms with E-state index in [4.69, 9.17) is 9.15 Å². The molecule has 6 heteroatoms. The van der Waals surface area contributed by atoms with Crippen molar-refractivity contribution in [1.82, 2.24) is 9.55 Å². The third-order valence-electron chi connectivity index (χ3n) is 3.62. The van der Waals surface area contributed by atoms with E-state index < -0.39 is 5.97 Å². The zero-order chi connectivity index (χ0) is 16.9. The number of ether oxygens (including phenoxy) is 1. The number of carbonyl (C=O) groups is 1. The average Bonchev–Trinajstić information content (AvgIpc) is 3.18. The van der Waals surface area contributed by atoms with Crippen LogP contribution in [0.1, 0.15) is 28.8 Å². The highest BCUT2D eigenvalue weighted by molar-refractivity contribution is 5.93. The van der Waals surface area contributed by atoms with Gasteiger partial charge in [-0.1, -0.05) is 30.3 Å². The molecular weight excluding hydrogens is 306 g/mol. The number of anilines is 2. The molecule has 3 aromatic rings. The molecule has 1 aromatic carbocycles. The van der Waals surface area contributed by atoms with E-state index in [0.29, 0.717) is 30.4 Å². The van der Waals surface area contributed by atoms with Gasteiger partial charge in [-0.05, 0) is 18.6 Å². The van der Waals surface area contributed by atoms with Gasteiger partial charge in [0.2, 0.25) is 0 Å². The lowest BCUT2D eigenvalue weighted by Crippen LogP contribution is -2.13. The summed E-state index contributed by atoms with van der Waals surface area (Å²) >= 11 is 0. The van der Waals surface area contributed by atoms with Crippen molar-refractivity contribution in [3.8, 4) is 0 Å². The van der Waals surface area contributed by atoms with Crippen LogP contribution < -0.4 is 5.32 Å². The molecule has 0 radical (unpaired) electrons. The summed E-state index contributed by atoms with van der Waals surface area (Å²) in [5, 5.41) is 3.04. The smallest absolute Gasteiger partial charge is 0.358 e. The second-order valence-corrected chi connectivity index (χ2v) is 5.27. The van der Waals surface area contributed by atoms with Gasteiger partial charge in [0, 0.05) is 19.5 Å². The molecule has 0 atom stereocenters. The minimum atomic E-state index is -0.416. The van der Waals surface area contributed by atoms with Crippen LogP contribution in [0.3, 0.4) is 0 Å². The number of furan rings is 1. The van der Waals surface area contributed by atoms with E-state index in [1.54, 1.807) is 29.9 Å². The Balaban J connectivity index is 1.96. The predicted molar refractivity (Wildman–Crippen MR) is 90.4 cm³/mol. The molecule has 0 fully saturated rings. The van der Waals surface area contributed by atoms with E-state index in [1.165, 1.54) is 0 Å². The number of rotatable bonds is 6. The van der Waals surface area contributed by atoms with E-state index >= 15 is 0 Å². The van der Waals surface area contributed by atoms with Crippen molar-refractivity contribution >= 4 is 17.7 Å². The quantitative estimate of drug-likeness (QED) is 0.702. The minimum absolute atomic E-state index is 0.304. The summed E-state index contributed by atoms with van der Waals surface area (Å²) in [6.07, 6.45) is 2.17. The molecule has 0 saturated heterocycles. The lowest BCUT2D eigenvalue weighted by molar-refractivity contribution is 0.0516. The highest BCUT2D eigenvalue weighted by atomic mass is 16.5. The highest BCUT2D eigenvalue weighted by Crippen LogP contribution is 2.23. The molecule has 3 rings (SSSR count). The Morgan fingerprint density at radius 3 is 2.71 bits per heavy atom. The Morgan fingerprint density at radius 2 is 2.04 bits per heavy atom. The van der Waals surface area contributed by atoms with Crippen molar-refractivity contribution in [2.75, 3.05) is 11.9 Å². The molecule has 0 unspecified atom stereocenters. The molecule has 0 aliphatic heterocycles. The summed E-state index contributed by atoms with van der Waals surface area (Å²) in [6.45, 7) is 2.08. The molecule has 0 spiro atoms. The Morgan fingerprint density at radius 1 is 1.25 bits per heavy atom. The second-order valence-electron chi connectivity index (χ2n) is 5.27. The van der Waals surface area contributed by atoms with Crippen molar-refractivity contribution in [3.63, 3.8) is 0 Å². The van der Waals surface area contributed by atoms with Gasteiger partial charge in [0.05, 0.1) is 12.9 Å². The molecular formula is C18H19N3O3. The number of hydrogen-bond acceptors (Lipinski definition) is 5. The summed E-state index contributed by atoms with van der Waals surface area (Å²) in [4.78, 5) is 16.9. The topological polar surface area (TPSA) is 69.3 Å². The molecule has 124 valence electrons. The summed E-state index contributed by atoms with van der Waals surface area (Å²) in [5.41, 5.74) is 1.49. The maximum atomic E-state index is 12.3. The number of aromatic nitrogens is 2. The lowest BCUT2D eigenvalue weighted by atomic mass is 10.1. The maximum absolute atomic E-state index is 12.3. The van der Waals surface area contributed by atoms with Gasteiger partial charge in [-0.2, -0.15) is 0 Å². The Kier molecular flexibility index (Phi) is 4.65. The fraction of sp³-hybridized carbons (Fsp3) is 0.222. The van der Waals surface area contributed by atoms with Crippen LogP contribution in [-0.4, -0.2) is 22.1 Å². The monoisotopic (exact) mass is 325 g/mol. The number of hydrogen-bond donors (Lipinski definition) is 1. The number of imidazole rings is 1. The van der Waals surface area contributed by atoms with Crippen LogP contribution in [0.25, 0.3) is 0 Å². The number of benzene rings is 1.